The molecule has 8 N–H and O–H groups in total. The molecule has 8 amide bonds. The molecule has 2 aliphatic rings. The molecule has 2 saturated heterocycles. The Morgan fingerprint density at radius 1 is 0.500 bits per heavy atom. The number of benzene rings is 3. The quantitative estimate of drug-likeness (QED) is 0.0437. The molecule has 84 heavy (non-hydrogen) atoms. The Kier molecular flexibility index (Phi) is 25.4. The fourth-order valence-corrected chi connectivity index (χ4v) is 9.99. The lowest BCUT2D eigenvalue weighted by molar-refractivity contribution is -0.144. The number of likely N-dealkylation sites (N-methyl/N-ethyl adjacent to an activating group) is 2. The summed E-state index contributed by atoms with van der Waals surface area (Å²) in [5, 5.41) is 24.0. The molecule has 20 heteroatoms. The molecule has 20 nitrogen and oxygen atoms in total. The minimum Gasteiger partial charge on any atom is -0.379 e. The minimum absolute atomic E-state index is 0.0368. The highest BCUT2D eigenvalue weighted by Gasteiger charge is 2.48. The second-order valence-corrected chi connectivity index (χ2v) is 25.5. The predicted octanol–water partition coefficient (Wildman–Crippen LogP) is 5.20. The van der Waals surface area contributed by atoms with Gasteiger partial charge >= 0.3 is 0 Å². The summed E-state index contributed by atoms with van der Waals surface area (Å²) >= 11 is 0. The molecule has 2 fully saturated rings. The van der Waals surface area contributed by atoms with Gasteiger partial charge in [0, 0.05) is 49.5 Å². The fourth-order valence-electron chi connectivity index (χ4n) is 9.99. The first kappa shape index (κ1) is 68.0. The molecule has 0 saturated carbocycles. The lowest BCUT2D eigenvalue weighted by Gasteiger charge is -2.36. The molecular formula is C64H96N10O10. The number of hydrogen-bond donors (Lipinski definition) is 8. The van der Waals surface area contributed by atoms with Crippen molar-refractivity contribution in [2.75, 3.05) is 53.6 Å². The first-order chi connectivity index (χ1) is 39.6. The fraction of sp³-hybridized carbons (Fsp3) is 0.594. The van der Waals surface area contributed by atoms with E-state index in [0.29, 0.717) is 25.0 Å². The van der Waals surface area contributed by atoms with E-state index in [0.717, 1.165) is 24.0 Å². The van der Waals surface area contributed by atoms with Crippen LogP contribution in [0.15, 0.2) is 84.9 Å². The number of nitrogens with one attached hydrogen (secondary N) is 8. The summed E-state index contributed by atoms with van der Waals surface area (Å²) in [7, 11) is 3.29. The van der Waals surface area contributed by atoms with E-state index >= 15 is 0 Å². The van der Waals surface area contributed by atoms with Gasteiger partial charge < -0.3 is 61.8 Å². The van der Waals surface area contributed by atoms with E-state index in [-0.39, 0.29) is 62.1 Å². The maximum absolute atomic E-state index is 14.8. The Hall–Kier alpha value is -6.74. The third kappa shape index (κ3) is 19.7. The monoisotopic (exact) mass is 1160 g/mol. The van der Waals surface area contributed by atoms with Gasteiger partial charge in [0.05, 0.1) is 37.4 Å². The third-order valence-corrected chi connectivity index (χ3v) is 15.6. The van der Waals surface area contributed by atoms with Crippen LogP contribution in [0.2, 0.25) is 0 Å². The number of likely N-dealkylation sites (tertiary alicyclic amines) is 2. The summed E-state index contributed by atoms with van der Waals surface area (Å²) in [6.07, 6.45) is 1.79. The van der Waals surface area contributed by atoms with E-state index in [4.69, 9.17) is 9.47 Å². The average molecular weight is 1170 g/mol. The Morgan fingerprint density at radius 3 is 1.13 bits per heavy atom. The lowest BCUT2D eigenvalue weighted by atomic mass is 9.85. The Labute approximate surface area is 498 Å². The summed E-state index contributed by atoms with van der Waals surface area (Å²) in [4.78, 5) is 116. The highest BCUT2D eigenvalue weighted by Crippen LogP contribution is 2.30. The van der Waals surface area contributed by atoms with Gasteiger partial charge in [-0.15, -0.1) is 0 Å². The van der Waals surface area contributed by atoms with Crippen molar-refractivity contribution in [3.05, 3.63) is 107 Å². The first-order valence-corrected chi connectivity index (χ1v) is 29.8. The molecule has 0 unspecified atom stereocenters. The van der Waals surface area contributed by atoms with Crippen LogP contribution in [0, 0.1) is 22.7 Å². The smallest absolute Gasteiger partial charge is 0.251 e. The van der Waals surface area contributed by atoms with E-state index in [9.17, 15) is 38.4 Å². The Morgan fingerprint density at radius 2 is 0.833 bits per heavy atom. The van der Waals surface area contributed by atoms with Gasteiger partial charge in [-0.05, 0) is 112 Å². The van der Waals surface area contributed by atoms with E-state index in [2.05, 4.69) is 70.2 Å². The molecule has 0 radical (unpaired) electrons. The number of amides is 8. The predicted molar refractivity (Wildman–Crippen MR) is 324 cm³/mol. The van der Waals surface area contributed by atoms with Crippen LogP contribution in [0.4, 0.5) is 0 Å². The zero-order chi connectivity index (χ0) is 62.1. The van der Waals surface area contributed by atoms with Crippen molar-refractivity contribution in [2.45, 2.75) is 169 Å². The van der Waals surface area contributed by atoms with Crippen molar-refractivity contribution in [1.82, 2.24) is 52.3 Å². The van der Waals surface area contributed by atoms with Crippen LogP contribution in [0.25, 0.3) is 0 Å². The molecule has 5 rings (SSSR count). The maximum Gasteiger partial charge on any atom is 0.251 e. The number of ether oxygens (including phenoxy) is 2. The molecule has 0 spiro atoms. The zero-order valence-corrected chi connectivity index (χ0v) is 52.1. The standard InChI is InChI=1S/C64H96N10O10/c1-39(2)29-31-83-37-49(43-21-17-15-18-22-43)69-59(79)51-33-47(35-73(51)61(81)53(63(7,8)9)71-55(75)41(5)65-13)67-57(77)45-25-27-46(28-26-45)58(78)68-48-34-52(74(36-48)62(82)54(64(10,11)12)72-56(76)42(6)66-14)60(80)70-50(38-84-32-30-40(3)4)44-23-19-16-20-24-44/h15-28,39-42,47-54,65-66H,29-38H2,1-14H3,(H,67,77)(H,68,78)(H,69,79)(H,70,80)(H,71,75)(H,72,76)/t41-,42-,47-,48-,49+,50+,51-,52-,53+,54+/m0/s1. The first-order valence-electron chi connectivity index (χ1n) is 29.8. The number of hydrogen-bond acceptors (Lipinski definition) is 12. The van der Waals surface area contributed by atoms with Crippen molar-refractivity contribution in [2.24, 2.45) is 22.7 Å². The summed E-state index contributed by atoms with van der Waals surface area (Å²) in [5.74, 6) is -2.79. The molecule has 3 aromatic carbocycles. The van der Waals surface area contributed by atoms with Gasteiger partial charge in [0.1, 0.15) is 24.2 Å². The summed E-state index contributed by atoms with van der Waals surface area (Å²) in [6.45, 7) is 24.1. The number of rotatable bonds is 28. The number of carbonyl (C=O) groups excluding carboxylic acids is 8. The molecule has 0 bridgehead atoms. The summed E-state index contributed by atoms with van der Waals surface area (Å²) in [5.41, 5.74) is 0.509. The van der Waals surface area contributed by atoms with E-state index in [1.807, 2.05) is 102 Å². The van der Waals surface area contributed by atoms with Gasteiger partial charge in [-0.3, -0.25) is 38.4 Å². The van der Waals surface area contributed by atoms with E-state index in [1.165, 1.54) is 34.1 Å². The normalized spacial score (nSPS) is 19.4. The van der Waals surface area contributed by atoms with Crippen molar-refractivity contribution < 1.29 is 47.8 Å². The molecule has 10 atom stereocenters. The van der Waals surface area contributed by atoms with Gasteiger partial charge in [-0.25, -0.2) is 0 Å². The molecule has 462 valence electrons. The molecular weight excluding hydrogens is 1070 g/mol. The van der Waals surface area contributed by atoms with Gasteiger partial charge in [-0.2, -0.15) is 0 Å². The van der Waals surface area contributed by atoms with Crippen LogP contribution in [-0.4, -0.2) is 159 Å². The Balaban J connectivity index is 1.36. The van der Waals surface area contributed by atoms with Crippen molar-refractivity contribution in [3.63, 3.8) is 0 Å². The van der Waals surface area contributed by atoms with Gasteiger partial charge in [0.25, 0.3) is 11.8 Å². The average Bonchev–Trinajstić information content (AvgIpc) is 4.30. The molecule has 0 aromatic heterocycles. The van der Waals surface area contributed by atoms with Crippen molar-refractivity contribution >= 4 is 47.3 Å². The van der Waals surface area contributed by atoms with Crippen molar-refractivity contribution in [3.8, 4) is 0 Å². The zero-order valence-electron chi connectivity index (χ0n) is 52.1. The van der Waals surface area contributed by atoms with Gasteiger partial charge in [-0.1, -0.05) is 130 Å². The number of nitrogens with zero attached hydrogens (tertiary/aromatic N) is 2. The maximum atomic E-state index is 14.8. The highest BCUT2D eigenvalue weighted by atomic mass is 16.5. The second-order valence-electron chi connectivity index (χ2n) is 25.5. The Bertz CT molecular complexity index is 2480. The molecule has 2 heterocycles. The molecule has 0 aliphatic carbocycles. The lowest BCUT2D eigenvalue weighted by Crippen LogP contribution is -2.59. The van der Waals surface area contributed by atoms with Crippen LogP contribution in [0.3, 0.4) is 0 Å². The van der Waals surface area contributed by atoms with Crippen molar-refractivity contribution in [1.29, 1.82) is 0 Å². The topological polar surface area (TPSA) is 258 Å². The van der Waals surface area contributed by atoms with Crippen LogP contribution in [-0.2, 0) is 38.2 Å². The number of carbonyl (C=O) groups is 8. The molecule has 3 aromatic rings. The van der Waals surface area contributed by atoms with Crippen LogP contribution in [0.1, 0.15) is 153 Å². The van der Waals surface area contributed by atoms with Crippen LogP contribution in [0.5, 0.6) is 0 Å². The summed E-state index contributed by atoms with van der Waals surface area (Å²) in [6, 6.07) is 17.0. The van der Waals surface area contributed by atoms with Gasteiger partial charge in [0.2, 0.25) is 35.4 Å². The van der Waals surface area contributed by atoms with Crippen LogP contribution < -0.4 is 42.5 Å². The third-order valence-electron chi connectivity index (χ3n) is 15.6. The summed E-state index contributed by atoms with van der Waals surface area (Å²) < 4.78 is 12.1. The van der Waals surface area contributed by atoms with E-state index < -0.39 is 107 Å². The second kappa shape index (κ2) is 31.4. The highest BCUT2D eigenvalue weighted by molar-refractivity contribution is 5.99. The SMILES string of the molecule is CN[C@@H](C)C(=O)N[C@H](C(=O)N1C[C@@H](NC(=O)c2ccc(C(=O)N[C@H]3C[C@@H](C(=O)N[C@H](COCCC(C)C)c4ccccc4)N(C(=O)[C@@H](NC(=O)[C@H](C)NC)C(C)(C)C)C3)cc2)C[C@H]1C(=O)N[C@H](COCCC(C)C)c1ccccc1)C(C)(C)C. The van der Waals surface area contributed by atoms with Gasteiger partial charge in [0.15, 0.2) is 0 Å². The molecule has 2 aliphatic heterocycles. The van der Waals surface area contributed by atoms with Crippen LogP contribution >= 0.6 is 0 Å². The van der Waals surface area contributed by atoms with E-state index in [1.54, 1.807) is 27.9 Å². The largest absolute Gasteiger partial charge is 0.379 e. The minimum atomic E-state index is -1.04.